The molecule has 0 radical (unpaired) electrons. The standard InChI is InChI=1S/C16H21FN4O2/c1-10-6-14(21-4-2-18-3-5-21)12(17)9-13(10)19-11-7-15(22)20-16(23)8-11/h6,9,11,18-19H,2-5,7-8H2,1H3,(H,20,22,23). The maximum absolute atomic E-state index is 14.5. The Labute approximate surface area is 134 Å². The lowest BCUT2D eigenvalue weighted by Crippen LogP contribution is -2.44. The molecule has 2 heterocycles. The Morgan fingerprint density at radius 1 is 1.17 bits per heavy atom. The maximum atomic E-state index is 14.5. The number of carbonyl (C=O) groups excluding carboxylic acids is 2. The van der Waals surface area contributed by atoms with Gasteiger partial charge in [-0.3, -0.25) is 14.9 Å². The summed E-state index contributed by atoms with van der Waals surface area (Å²) in [4.78, 5) is 24.9. The average molecular weight is 320 g/mol. The molecule has 7 heteroatoms. The van der Waals surface area contributed by atoms with E-state index in [4.69, 9.17) is 0 Å². The number of halogens is 1. The Hall–Kier alpha value is -2.15. The molecular formula is C16H21FN4O2. The third-order valence-corrected chi connectivity index (χ3v) is 4.25. The van der Waals surface area contributed by atoms with Crippen LogP contribution in [-0.4, -0.2) is 44.0 Å². The van der Waals surface area contributed by atoms with Gasteiger partial charge in [0.1, 0.15) is 5.82 Å². The number of piperazine rings is 1. The molecule has 2 saturated heterocycles. The molecule has 0 saturated carbocycles. The quantitative estimate of drug-likeness (QED) is 0.717. The number of hydrogen-bond acceptors (Lipinski definition) is 5. The normalized spacial score (nSPS) is 19.7. The molecule has 3 N–H and O–H groups in total. The zero-order valence-electron chi connectivity index (χ0n) is 13.1. The first-order valence-electron chi connectivity index (χ1n) is 7.88. The lowest BCUT2D eigenvalue weighted by molar-refractivity contribution is -0.133. The van der Waals surface area contributed by atoms with Crippen molar-refractivity contribution in [2.75, 3.05) is 36.4 Å². The highest BCUT2D eigenvalue weighted by atomic mass is 19.1. The lowest BCUT2D eigenvalue weighted by Gasteiger charge is -2.31. The van der Waals surface area contributed by atoms with Crippen LogP contribution in [0, 0.1) is 12.7 Å². The van der Waals surface area contributed by atoms with Crippen molar-refractivity contribution >= 4 is 23.2 Å². The van der Waals surface area contributed by atoms with E-state index in [1.165, 1.54) is 6.07 Å². The molecule has 0 atom stereocenters. The summed E-state index contributed by atoms with van der Waals surface area (Å²) in [5.74, 6) is -0.879. The molecule has 2 aliphatic heterocycles. The molecule has 0 spiro atoms. The number of aryl methyl sites for hydroxylation is 1. The molecule has 1 aromatic rings. The van der Waals surface area contributed by atoms with Crippen LogP contribution in [0.2, 0.25) is 0 Å². The van der Waals surface area contributed by atoms with Gasteiger partial charge in [-0.05, 0) is 24.6 Å². The topological polar surface area (TPSA) is 73.5 Å². The van der Waals surface area contributed by atoms with Gasteiger partial charge in [0.15, 0.2) is 0 Å². The van der Waals surface area contributed by atoms with Crippen LogP contribution in [0.5, 0.6) is 0 Å². The van der Waals surface area contributed by atoms with Crippen LogP contribution in [0.3, 0.4) is 0 Å². The number of anilines is 2. The second kappa shape index (κ2) is 6.54. The molecule has 1 aromatic carbocycles. The number of carbonyl (C=O) groups is 2. The number of imide groups is 1. The second-order valence-corrected chi connectivity index (χ2v) is 6.08. The van der Waals surface area contributed by atoms with Gasteiger partial charge in [0, 0.05) is 50.7 Å². The van der Waals surface area contributed by atoms with Gasteiger partial charge in [-0.15, -0.1) is 0 Å². The van der Waals surface area contributed by atoms with Crippen molar-refractivity contribution in [2.45, 2.75) is 25.8 Å². The van der Waals surface area contributed by atoms with E-state index < -0.39 is 0 Å². The molecular weight excluding hydrogens is 299 g/mol. The predicted octanol–water partition coefficient (Wildman–Crippen LogP) is 0.761. The van der Waals surface area contributed by atoms with Crippen molar-refractivity contribution in [3.05, 3.63) is 23.5 Å². The third-order valence-electron chi connectivity index (χ3n) is 4.25. The van der Waals surface area contributed by atoms with E-state index in [9.17, 15) is 14.0 Å². The van der Waals surface area contributed by atoms with Crippen molar-refractivity contribution < 1.29 is 14.0 Å². The van der Waals surface area contributed by atoms with Gasteiger partial charge in [0.25, 0.3) is 0 Å². The van der Waals surface area contributed by atoms with Gasteiger partial charge in [0.2, 0.25) is 11.8 Å². The van der Waals surface area contributed by atoms with E-state index in [-0.39, 0.29) is 36.5 Å². The van der Waals surface area contributed by atoms with Crippen molar-refractivity contribution in [1.29, 1.82) is 0 Å². The zero-order chi connectivity index (χ0) is 16.4. The summed E-state index contributed by atoms with van der Waals surface area (Å²) in [7, 11) is 0. The molecule has 0 aromatic heterocycles. The zero-order valence-corrected chi connectivity index (χ0v) is 13.1. The predicted molar refractivity (Wildman–Crippen MR) is 86.0 cm³/mol. The minimum absolute atomic E-state index is 0.215. The van der Waals surface area contributed by atoms with Crippen LogP contribution < -0.4 is 20.9 Å². The van der Waals surface area contributed by atoms with Crippen molar-refractivity contribution in [1.82, 2.24) is 10.6 Å². The Bertz CT molecular complexity index is 613. The van der Waals surface area contributed by atoms with E-state index in [0.717, 1.165) is 31.7 Å². The van der Waals surface area contributed by atoms with Crippen molar-refractivity contribution in [3.8, 4) is 0 Å². The highest BCUT2D eigenvalue weighted by Gasteiger charge is 2.25. The fraction of sp³-hybridized carbons (Fsp3) is 0.500. The monoisotopic (exact) mass is 320 g/mol. The van der Waals surface area contributed by atoms with Gasteiger partial charge in [0.05, 0.1) is 5.69 Å². The number of benzene rings is 1. The molecule has 6 nitrogen and oxygen atoms in total. The van der Waals surface area contributed by atoms with Crippen LogP contribution >= 0.6 is 0 Å². The fourth-order valence-electron chi connectivity index (χ4n) is 3.07. The molecule has 2 amide bonds. The van der Waals surface area contributed by atoms with Crippen LogP contribution in [-0.2, 0) is 9.59 Å². The van der Waals surface area contributed by atoms with Gasteiger partial charge in [-0.25, -0.2) is 4.39 Å². The van der Waals surface area contributed by atoms with Crippen molar-refractivity contribution in [2.24, 2.45) is 0 Å². The number of hydrogen-bond donors (Lipinski definition) is 3. The van der Waals surface area contributed by atoms with Gasteiger partial charge in [-0.1, -0.05) is 0 Å². The molecule has 0 bridgehead atoms. The maximum Gasteiger partial charge on any atom is 0.228 e. The average Bonchev–Trinajstić information content (AvgIpc) is 2.50. The second-order valence-electron chi connectivity index (χ2n) is 6.08. The Morgan fingerprint density at radius 2 is 1.83 bits per heavy atom. The molecule has 124 valence electrons. The first-order chi connectivity index (χ1) is 11.0. The number of amides is 2. The molecule has 0 unspecified atom stereocenters. The first-order valence-corrected chi connectivity index (χ1v) is 7.88. The number of nitrogens with one attached hydrogen (secondary N) is 3. The SMILES string of the molecule is Cc1cc(N2CCNCC2)c(F)cc1NC1CC(=O)NC(=O)C1. The van der Waals surface area contributed by atoms with Gasteiger partial charge in [-0.2, -0.15) is 0 Å². The summed E-state index contributed by atoms with van der Waals surface area (Å²) < 4.78 is 14.5. The number of piperidine rings is 1. The number of nitrogens with zero attached hydrogens (tertiary/aromatic N) is 1. The summed E-state index contributed by atoms with van der Waals surface area (Å²) in [5, 5.41) is 8.64. The van der Waals surface area contributed by atoms with Gasteiger partial charge >= 0.3 is 0 Å². The minimum atomic E-state index is -0.297. The molecule has 23 heavy (non-hydrogen) atoms. The molecule has 2 fully saturated rings. The largest absolute Gasteiger partial charge is 0.381 e. The summed E-state index contributed by atoms with van der Waals surface area (Å²) in [6.45, 7) is 5.15. The highest BCUT2D eigenvalue weighted by Crippen LogP contribution is 2.28. The first kappa shape index (κ1) is 15.7. The number of rotatable bonds is 3. The van der Waals surface area contributed by atoms with Gasteiger partial charge < -0.3 is 15.5 Å². The van der Waals surface area contributed by atoms with E-state index in [2.05, 4.69) is 16.0 Å². The molecule has 3 rings (SSSR count). The van der Waals surface area contributed by atoms with Crippen LogP contribution in [0.15, 0.2) is 12.1 Å². The summed E-state index contributed by atoms with van der Waals surface area (Å²) in [6, 6.07) is 3.00. The summed E-state index contributed by atoms with van der Waals surface area (Å²) >= 11 is 0. The van der Waals surface area contributed by atoms with E-state index in [1.54, 1.807) is 0 Å². The van der Waals surface area contributed by atoms with Crippen LogP contribution in [0.1, 0.15) is 18.4 Å². The minimum Gasteiger partial charge on any atom is -0.381 e. The van der Waals surface area contributed by atoms with Crippen LogP contribution in [0.4, 0.5) is 15.8 Å². The van der Waals surface area contributed by atoms with Crippen molar-refractivity contribution in [3.63, 3.8) is 0 Å². The Balaban J connectivity index is 1.76. The smallest absolute Gasteiger partial charge is 0.228 e. The lowest BCUT2D eigenvalue weighted by atomic mass is 10.0. The van der Waals surface area contributed by atoms with E-state index >= 15 is 0 Å². The fourth-order valence-corrected chi connectivity index (χ4v) is 3.07. The summed E-state index contributed by atoms with van der Waals surface area (Å²) in [5.41, 5.74) is 2.14. The highest BCUT2D eigenvalue weighted by molar-refractivity contribution is 5.98. The Morgan fingerprint density at radius 3 is 2.48 bits per heavy atom. The third kappa shape index (κ3) is 3.61. The van der Waals surface area contributed by atoms with E-state index in [1.807, 2.05) is 17.9 Å². The summed E-state index contributed by atoms with van der Waals surface area (Å²) in [6.07, 6.45) is 0.429. The molecule has 2 aliphatic rings. The van der Waals surface area contributed by atoms with Crippen LogP contribution in [0.25, 0.3) is 0 Å². The molecule has 0 aliphatic carbocycles. The van der Waals surface area contributed by atoms with E-state index in [0.29, 0.717) is 11.4 Å². The Kier molecular flexibility index (Phi) is 4.47.